The maximum Gasteiger partial charge on any atom is 0.224 e. The van der Waals surface area contributed by atoms with Gasteiger partial charge in [0.15, 0.2) is 11.6 Å². The monoisotopic (exact) mass is 198 g/mol. The van der Waals surface area contributed by atoms with Crippen LogP contribution in [0.3, 0.4) is 0 Å². The van der Waals surface area contributed by atoms with Crippen molar-refractivity contribution in [2.75, 3.05) is 30.4 Å². The van der Waals surface area contributed by atoms with Gasteiger partial charge in [-0.25, -0.2) is 9.37 Å². The van der Waals surface area contributed by atoms with E-state index in [1.165, 1.54) is 6.20 Å². The Morgan fingerprint density at radius 2 is 2.07 bits per heavy atom. The molecule has 0 fully saturated rings. The Labute approximate surface area is 83.2 Å². The van der Waals surface area contributed by atoms with Crippen LogP contribution in [0.4, 0.5) is 16.2 Å². The molecule has 1 aromatic heterocycles. The first-order valence-corrected chi connectivity index (χ1v) is 4.68. The third-order valence-corrected chi connectivity index (χ3v) is 2.01. The molecule has 0 aromatic carbocycles. The topological polar surface area (TPSA) is 41.1 Å². The highest BCUT2D eigenvalue weighted by molar-refractivity contribution is 5.43. The van der Waals surface area contributed by atoms with Crippen molar-refractivity contribution in [3.8, 4) is 0 Å². The Morgan fingerprint density at radius 3 is 2.57 bits per heavy atom. The summed E-state index contributed by atoms with van der Waals surface area (Å²) in [6, 6.07) is 0. The minimum atomic E-state index is -0.382. The van der Waals surface area contributed by atoms with Crippen LogP contribution in [0.2, 0.25) is 0 Å². The molecule has 0 saturated heterocycles. The molecule has 1 N–H and O–H groups in total. The zero-order valence-electron chi connectivity index (χ0n) is 8.71. The average Bonchev–Trinajstić information content (AvgIpc) is 2.22. The van der Waals surface area contributed by atoms with Crippen LogP contribution in [-0.2, 0) is 0 Å². The summed E-state index contributed by atoms with van der Waals surface area (Å²) in [5.74, 6) is 0.412. The average molecular weight is 198 g/mol. The van der Waals surface area contributed by atoms with Crippen molar-refractivity contribution in [2.45, 2.75) is 13.8 Å². The maximum atomic E-state index is 13.3. The van der Waals surface area contributed by atoms with Crippen molar-refractivity contribution in [3.63, 3.8) is 0 Å². The van der Waals surface area contributed by atoms with Crippen LogP contribution in [0.5, 0.6) is 0 Å². The Kier molecular flexibility index (Phi) is 3.62. The number of anilines is 2. The van der Waals surface area contributed by atoms with E-state index in [0.717, 1.165) is 13.1 Å². The summed E-state index contributed by atoms with van der Waals surface area (Å²) in [6.07, 6.45) is 1.19. The van der Waals surface area contributed by atoms with Crippen molar-refractivity contribution in [1.29, 1.82) is 0 Å². The first kappa shape index (κ1) is 10.7. The van der Waals surface area contributed by atoms with E-state index in [9.17, 15) is 4.39 Å². The normalized spacial score (nSPS) is 10.0. The number of nitrogens with zero attached hydrogens (tertiary/aromatic N) is 3. The van der Waals surface area contributed by atoms with E-state index in [2.05, 4.69) is 15.3 Å². The molecule has 14 heavy (non-hydrogen) atoms. The highest BCUT2D eigenvalue weighted by Crippen LogP contribution is 2.16. The summed E-state index contributed by atoms with van der Waals surface area (Å²) in [7, 11) is 1.71. The van der Waals surface area contributed by atoms with E-state index >= 15 is 0 Å². The molecular formula is C9H15FN4. The summed E-state index contributed by atoms with van der Waals surface area (Å²) < 4.78 is 13.3. The fourth-order valence-electron chi connectivity index (χ4n) is 1.22. The maximum absolute atomic E-state index is 13.3. The number of hydrogen-bond donors (Lipinski definition) is 1. The Balaban J connectivity index is 3.04. The molecule has 1 heterocycles. The lowest BCUT2D eigenvalue weighted by molar-refractivity contribution is 0.605. The minimum Gasteiger partial charge on any atom is -0.357 e. The van der Waals surface area contributed by atoms with Gasteiger partial charge >= 0.3 is 0 Å². The van der Waals surface area contributed by atoms with E-state index in [1.54, 1.807) is 7.05 Å². The van der Waals surface area contributed by atoms with E-state index < -0.39 is 0 Å². The lowest BCUT2D eigenvalue weighted by Crippen LogP contribution is -2.24. The molecular weight excluding hydrogens is 183 g/mol. The first-order chi connectivity index (χ1) is 6.72. The van der Waals surface area contributed by atoms with Crippen molar-refractivity contribution in [1.82, 2.24) is 9.97 Å². The molecule has 0 amide bonds. The summed E-state index contributed by atoms with van der Waals surface area (Å²) in [6.45, 7) is 5.38. The van der Waals surface area contributed by atoms with E-state index in [1.807, 2.05) is 18.7 Å². The van der Waals surface area contributed by atoms with Crippen LogP contribution in [0.15, 0.2) is 6.20 Å². The number of nitrogens with one attached hydrogen (secondary N) is 1. The number of halogens is 1. The molecule has 0 spiro atoms. The smallest absolute Gasteiger partial charge is 0.224 e. The molecule has 0 radical (unpaired) electrons. The minimum absolute atomic E-state index is 0.356. The van der Waals surface area contributed by atoms with Gasteiger partial charge in [-0.3, -0.25) is 0 Å². The number of hydrogen-bond acceptors (Lipinski definition) is 4. The molecule has 78 valence electrons. The second kappa shape index (κ2) is 4.74. The van der Waals surface area contributed by atoms with E-state index in [4.69, 9.17) is 0 Å². The van der Waals surface area contributed by atoms with Gasteiger partial charge in [-0.2, -0.15) is 4.98 Å². The molecule has 1 aromatic rings. The Bertz CT molecular complexity index is 299. The highest BCUT2D eigenvalue weighted by atomic mass is 19.1. The molecule has 0 atom stereocenters. The summed E-state index contributed by atoms with van der Waals surface area (Å²) in [4.78, 5) is 9.69. The van der Waals surface area contributed by atoms with Crippen molar-refractivity contribution in [3.05, 3.63) is 12.0 Å². The van der Waals surface area contributed by atoms with Gasteiger partial charge in [-0.15, -0.1) is 0 Å². The molecule has 0 bridgehead atoms. The first-order valence-electron chi connectivity index (χ1n) is 4.68. The van der Waals surface area contributed by atoms with Crippen LogP contribution in [0.25, 0.3) is 0 Å². The molecule has 0 aliphatic carbocycles. The lowest BCUT2D eigenvalue weighted by Gasteiger charge is -2.20. The molecule has 0 aliphatic heterocycles. The molecule has 4 nitrogen and oxygen atoms in total. The Morgan fingerprint density at radius 1 is 1.43 bits per heavy atom. The fourth-order valence-corrected chi connectivity index (χ4v) is 1.22. The van der Waals surface area contributed by atoms with Crippen LogP contribution in [0.1, 0.15) is 13.8 Å². The van der Waals surface area contributed by atoms with E-state index in [-0.39, 0.29) is 5.82 Å². The van der Waals surface area contributed by atoms with Gasteiger partial charge in [0.2, 0.25) is 5.95 Å². The van der Waals surface area contributed by atoms with Crippen molar-refractivity contribution < 1.29 is 4.39 Å². The SMILES string of the molecule is CCN(CC)c1nc(NC)ncc1F. The van der Waals surface area contributed by atoms with Gasteiger partial charge in [0.05, 0.1) is 6.20 Å². The second-order valence-electron chi connectivity index (χ2n) is 2.79. The van der Waals surface area contributed by atoms with Gasteiger partial charge in [0.1, 0.15) is 0 Å². The zero-order valence-corrected chi connectivity index (χ0v) is 8.71. The van der Waals surface area contributed by atoms with Crippen molar-refractivity contribution in [2.24, 2.45) is 0 Å². The molecule has 0 unspecified atom stereocenters. The number of rotatable bonds is 4. The highest BCUT2D eigenvalue weighted by Gasteiger charge is 2.11. The lowest BCUT2D eigenvalue weighted by atomic mass is 10.4. The van der Waals surface area contributed by atoms with Crippen LogP contribution >= 0.6 is 0 Å². The third-order valence-electron chi connectivity index (χ3n) is 2.01. The van der Waals surface area contributed by atoms with Crippen molar-refractivity contribution >= 4 is 11.8 Å². The Hall–Kier alpha value is -1.39. The van der Waals surface area contributed by atoms with Crippen LogP contribution in [-0.4, -0.2) is 30.1 Å². The van der Waals surface area contributed by atoms with E-state index in [0.29, 0.717) is 11.8 Å². The fraction of sp³-hybridized carbons (Fsp3) is 0.556. The zero-order chi connectivity index (χ0) is 10.6. The summed E-state index contributed by atoms with van der Waals surface area (Å²) >= 11 is 0. The van der Waals surface area contributed by atoms with Gasteiger partial charge in [-0.05, 0) is 13.8 Å². The molecule has 0 saturated carbocycles. The predicted molar refractivity (Wildman–Crippen MR) is 55.1 cm³/mol. The summed E-state index contributed by atoms with van der Waals surface area (Å²) in [5, 5.41) is 2.78. The number of aromatic nitrogens is 2. The quantitative estimate of drug-likeness (QED) is 0.796. The second-order valence-corrected chi connectivity index (χ2v) is 2.79. The summed E-state index contributed by atoms with van der Waals surface area (Å²) in [5.41, 5.74) is 0. The molecule has 1 rings (SSSR count). The molecule has 0 aliphatic rings. The third kappa shape index (κ3) is 2.10. The molecule has 5 heteroatoms. The van der Waals surface area contributed by atoms with Gasteiger partial charge in [0.25, 0.3) is 0 Å². The van der Waals surface area contributed by atoms with Crippen LogP contribution < -0.4 is 10.2 Å². The largest absolute Gasteiger partial charge is 0.357 e. The standard InChI is InChI=1S/C9H15FN4/c1-4-14(5-2)8-7(10)6-12-9(11-3)13-8/h6H,4-5H2,1-3H3,(H,11,12,13). The van der Waals surface area contributed by atoms with Gasteiger partial charge in [0, 0.05) is 20.1 Å². The predicted octanol–water partition coefficient (Wildman–Crippen LogP) is 1.50. The van der Waals surface area contributed by atoms with Gasteiger partial charge < -0.3 is 10.2 Å². The van der Waals surface area contributed by atoms with Crippen LogP contribution in [0, 0.1) is 5.82 Å². The van der Waals surface area contributed by atoms with Gasteiger partial charge in [-0.1, -0.05) is 0 Å².